The lowest BCUT2D eigenvalue weighted by Crippen LogP contribution is -2.29. The molecule has 2 rings (SSSR count). The van der Waals surface area contributed by atoms with Gasteiger partial charge >= 0.3 is 0 Å². The maximum Gasteiger partial charge on any atom is 0.274 e. The summed E-state index contributed by atoms with van der Waals surface area (Å²) in [6.07, 6.45) is 3.03. The minimum absolute atomic E-state index is 0.150. The molecule has 1 aromatic carbocycles. The molecule has 2 aromatic rings. The van der Waals surface area contributed by atoms with Crippen molar-refractivity contribution >= 4 is 22.5 Å². The molecule has 0 aliphatic carbocycles. The summed E-state index contributed by atoms with van der Waals surface area (Å²) in [6.45, 7) is 0.241. The first-order valence-electron chi connectivity index (χ1n) is 5.34. The third kappa shape index (κ3) is 2.68. The van der Waals surface area contributed by atoms with Gasteiger partial charge in [0.1, 0.15) is 0 Å². The molecule has 1 atom stereocenters. The van der Waals surface area contributed by atoms with Gasteiger partial charge in [0, 0.05) is 11.1 Å². The van der Waals surface area contributed by atoms with Crippen molar-refractivity contribution in [3.05, 3.63) is 40.8 Å². The smallest absolute Gasteiger partial charge is 0.274 e. The van der Waals surface area contributed by atoms with Crippen molar-refractivity contribution < 1.29 is 5.11 Å². The summed E-state index contributed by atoms with van der Waals surface area (Å²) < 4.78 is 1.32. The number of fused-ring (bicyclic) bond motifs is 1. The first kappa shape index (κ1) is 12.1. The molecule has 90 valence electrons. The fourth-order valence-electron chi connectivity index (χ4n) is 1.70. The normalized spacial score (nSPS) is 12.8. The Morgan fingerprint density at radius 2 is 2.24 bits per heavy atom. The van der Waals surface area contributed by atoms with Gasteiger partial charge in [-0.3, -0.25) is 4.79 Å². The number of aliphatic hydroxyl groups excluding tert-OH is 1. The fraction of sp³-hybridized carbons (Fsp3) is 0.333. The van der Waals surface area contributed by atoms with Crippen LogP contribution in [-0.4, -0.2) is 33.0 Å². The fourth-order valence-corrected chi connectivity index (χ4v) is 2.19. The van der Waals surface area contributed by atoms with E-state index in [-0.39, 0.29) is 12.1 Å². The minimum atomic E-state index is -0.545. The molecule has 0 aliphatic heterocycles. The third-order valence-corrected chi connectivity index (χ3v) is 3.22. The van der Waals surface area contributed by atoms with Gasteiger partial charge in [0.05, 0.1) is 24.2 Å². The zero-order valence-corrected chi connectivity index (χ0v) is 10.4. The van der Waals surface area contributed by atoms with E-state index >= 15 is 0 Å². The molecule has 0 spiro atoms. The van der Waals surface area contributed by atoms with E-state index in [1.165, 1.54) is 4.68 Å². The molecule has 0 amide bonds. The van der Waals surface area contributed by atoms with E-state index in [1.54, 1.807) is 24.0 Å². The Morgan fingerprint density at radius 3 is 3.00 bits per heavy atom. The van der Waals surface area contributed by atoms with Crippen LogP contribution in [0.25, 0.3) is 10.8 Å². The summed E-state index contributed by atoms with van der Waals surface area (Å²) in [4.78, 5) is 12.1. The molecule has 4 nitrogen and oxygen atoms in total. The number of thioether (sulfide) groups is 1. The van der Waals surface area contributed by atoms with Crippen LogP contribution in [0.3, 0.4) is 0 Å². The summed E-state index contributed by atoms with van der Waals surface area (Å²) >= 11 is 1.55. The number of nitrogens with zero attached hydrogens (tertiary/aromatic N) is 2. The van der Waals surface area contributed by atoms with Crippen molar-refractivity contribution in [1.29, 1.82) is 0 Å². The predicted molar refractivity (Wildman–Crippen MR) is 70.4 cm³/mol. The monoisotopic (exact) mass is 250 g/mol. The van der Waals surface area contributed by atoms with Crippen molar-refractivity contribution in [1.82, 2.24) is 9.78 Å². The summed E-state index contributed by atoms with van der Waals surface area (Å²) in [5.41, 5.74) is -0.150. The molecule has 0 radical (unpaired) electrons. The first-order chi connectivity index (χ1) is 8.22. The lowest BCUT2D eigenvalue weighted by Gasteiger charge is -2.10. The van der Waals surface area contributed by atoms with Gasteiger partial charge < -0.3 is 5.11 Å². The topological polar surface area (TPSA) is 55.1 Å². The van der Waals surface area contributed by atoms with Crippen LogP contribution in [0.5, 0.6) is 0 Å². The Bertz CT molecular complexity index is 568. The Kier molecular flexibility index (Phi) is 3.81. The van der Waals surface area contributed by atoms with Crippen molar-refractivity contribution in [3.8, 4) is 0 Å². The van der Waals surface area contributed by atoms with Crippen LogP contribution in [0.15, 0.2) is 35.3 Å². The van der Waals surface area contributed by atoms with Crippen LogP contribution in [0.2, 0.25) is 0 Å². The zero-order valence-electron chi connectivity index (χ0n) is 9.54. The van der Waals surface area contributed by atoms with Gasteiger partial charge in [0.2, 0.25) is 0 Å². The number of aliphatic hydroxyl groups is 1. The molecule has 1 aromatic heterocycles. The second kappa shape index (κ2) is 5.33. The van der Waals surface area contributed by atoms with Crippen molar-refractivity contribution in [2.75, 3.05) is 12.0 Å². The van der Waals surface area contributed by atoms with Gasteiger partial charge in [0.15, 0.2) is 0 Å². The summed E-state index contributed by atoms with van der Waals surface area (Å²) in [5, 5.41) is 15.2. The molecular formula is C12H14N2O2S. The molecule has 5 heteroatoms. The molecule has 0 aliphatic rings. The van der Waals surface area contributed by atoms with E-state index in [2.05, 4.69) is 5.10 Å². The highest BCUT2D eigenvalue weighted by molar-refractivity contribution is 7.98. The van der Waals surface area contributed by atoms with Crippen molar-refractivity contribution in [2.45, 2.75) is 12.6 Å². The second-order valence-electron chi connectivity index (χ2n) is 3.83. The Hall–Kier alpha value is -1.33. The number of aromatic nitrogens is 2. The lowest BCUT2D eigenvalue weighted by molar-refractivity contribution is 0.171. The molecule has 0 bridgehead atoms. The highest BCUT2D eigenvalue weighted by Crippen LogP contribution is 2.07. The maximum absolute atomic E-state index is 12.1. The Morgan fingerprint density at radius 1 is 1.47 bits per heavy atom. The van der Waals surface area contributed by atoms with Crippen LogP contribution in [-0.2, 0) is 6.54 Å². The summed E-state index contributed by atoms with van der Waals surface area (Å²) in [5.74, 6) is 0.598. The van der Waals surface area contributed by atoms with Crippen molar-refractivity contribution in [2.24, 2.45) is 0 Å². The molecule has 0 saturated carbocycles. The maximum atomic E-state index is 12.1. The van der Waals surface area contributed by atoms with Gasteiger partial charge in [-0.15, -0.1) is 0 Å². The van der Waals surface area contributed by atoms with Crippen LogP contribution < -0.4 is 5.56 Å². The SMILES string of the molecule is CSC[C@@H](O)Cn1ncc2ccccc2c1=O. The molecule has 0 fully saturated rings. The highest BCUT2D eigenvalue weighted by Gasteiger charge is 2.08. The summed E-state index contributed by atoms with van der Waals surface area (Å²) in [7, 11) is 0. The van der Waals surface area contributed by atoms with E-state index in [0.29, 0.717) is 11.1 Å². The standard InChI is InChI=1S/C12H14N2O2S/c1-17-8-10(15)7-14-12(16)11-5-3-2-4-9(11)6-13-14/h2-6,10,15H,7-8H2,1H3/t10-/m0/s1. The number of hydrogen-bond donors (Lipinski definition) is 1. The Labute approximate surface area is 103 Å². The lowest BCUT2D eigenvalue weighted by atomic mass is 10.2. The average Bonchev–Trinajstić information content (AvgIpc) is 2.33. The van der Waals surface area contributed by atoms with Crippen LogP contribution in [0, 0.1) is 0 Å². The van der Waals surface area contributed by atoms with E-state index in [9.17, 15) is 9.90 Å². The van der Waals surface area contributed by atoms with Crippen LogP contribution >= 0.6 is 11.8 Å². The third-order valence-electron chi connectivity index (χ3n) is 2.50. The number of hydrogen-bond acceptors (Lipinski definition) is 4. The first-order valence-corrected chi connectivity index (χ1v) is 6.73. The molecular weight excluding hydrogens is 236 g/mol. The average molecular weight is 250 g/mol. The van der Waals surface area contributed by atoms with Gasteiger partial charge in [-0.25, -0.2) is 4.68 Å². The minimum Gasteiger partial charge on any atom is -0.390 e. The molecule has 1 N–H and O–H groups in total. The van der Waals surface area contributed by atoms with Crippen LogP contribution in [0.1, 0.15) is 0 Å². The van der Waals surface area contributed by atoms with E-state index in [0.717, 1.165) is 5.39 Å². The molecule has 0 saturated heterocycles. The summed E-state index contributed by atoms with van der Waals surface area (Å²) in [6, 6.07) is 7.33. The molecule has 17 heavy (non-hydrogen) atoms. The number of rotatable bonds is 4. The van der Waals surface area contributed by atoms with Gasteiger partial charge in [-0.1, -0.05) is 18.2 Å². The molecule has 1 heterocycles. The number of benzene rings is 1. The van der Waals surface area contributed by atoms with Gasteiger partial charge in [-0.05, 0) is 12.3 Å². The highest BCUT2D eigenvalue weighted by atomic mass is 32.2. The largest absolute Gasteiger partial charge is 0.390 e. The Balaban J connectivity index is 2.36. The van der Waals surface area contributed by atoms with E-state index < -0.39 is 6.10 Å². The quantitative estimate of drug-likeness (QED) is 0.883. The predicted octanol–water partition coefficient (Wildman–Crippen LogP) is 1.12. The zero-order chi connectivity index (χ0) is 12.3. The van der Waals surface area contributed by atoms with Gasteiger partial charge in [-0.2, -0.15) is 16.9 Å². The second-order valence-corrected chi connectivity index (χ2v) is 4.74. The van der Waals surface area contributed by atoms with Crippen molar-refractivity contribution in [3.63, 3.8) is 0 Å². The van der Waals surface area contributed by atoms with Crippen LogP contribution in [0.4, 0.5) is 0 Å². The van der Waals surface area contributed by atoms with Gasteiger partial charge in [0.25, 0.3) is 5.56 Å². The van der Waals surface area contributed by atoms with E-state index in [4.69, 9.17) is 0 Å². The molecule has 0 unspecified atom stereocenters. The van der Waals surface area contributed by atoms with E-state index in [1.807, 2.05) is 24.5 Å².